The second kappa shape index (κ2) is 7.32. The number of nitrogens with zero attached hydrogens (tertiary/aromatic N) is 1. The van der Waals surface area contributed by atoms with Gasteiger partial charge in [-0.15, -0.1) is 0 Å². The Morgan fingerprint density at radius 3 is 2.54 bits per heavy atom. The minimum atomic E-state index is -1.65. The van der Waals surface area contributed by atoms with E-state index in [1.54, 1.807) is 18.2 Å². The molecule has 1 aliphatic heterocycles. The van der Waals surface area contributed by atoms with E-state index in [2.05, 4.69) is 10.6 Å². The number of ether oxygens (including phenoxy) is 1. The molecule has 0 spiro atoms. The van der Waals surface area contributed by atoms with Crippen molar-refractivity contribution in [2.75, 3.05) is 10.6 Å². The zero-order chi connectivity index (χ0) is 20.4. The first-order valence-corrected chi connectivity index (χ1v) is 7.93. The van der Waals surface area contributed by atoms with Crippen LogP contribution in [0.2, 0.25) is 0 Å². The predicted octanol–water partition coefficient (Wildman–Crippen LogP) is 1.02. The quantitative estimate of drug-likeness (QED) is 0.192. The molecule has 1 amide bonds. The number of carboxylic acid groups (broad SMARTS) is 1. The lowest BCUT2D eigenvalue weighted by Crippen LogP contribution is -2.45. The number of rotatable bonds is 5. The fourth-order valence-electron chi connectivity index (χ4n) is 2.64. The summed E-state index contributed by atoms with van der Waals surface area (Å²) in [6.07, 6.45) is 0. The molecule has 144 valence electrons. The number of carbonyl (C=O) groups is 3. The summed E-state index contributed by atoms with van der Waals surface area (Å²) in [7, 11) is 0. The molecule has 1 heterocycles. The zero-order valence-corrected chi connectivity index (χ0v) is 14.1. The van der Waals surface area contributed by atoms with Crippen LogP contribution in [0.25, 0.3) is 0 Å². The average molecular weight is 386 g/mol. The Bertz CT molecular complexity index is 977. The Hall–Kier alpha value is -3.99. The van der Waals surface area contributed by atoms with Gasteiger partial charge in [-0.3, -0.25) is 14.9 Å². The molecule has 0 saturated carbocycles. The lowest BCUT2D eigenvalue weighted by Gasteiger charge is -2.27. The van der Waals surface area contributed by atoms with E-state index >= 15 is 0 Å². The molecule has 11 nitrogen and oxygen atoms in total. The molecule has 1 aliphatic rings. The topological polar surface area (TPSA) is 174 Å². The van der Waals surface area contributed by atoms with E-state index in [4.69, 9.17) is 15.6 Å². The van der Waals surface area contributed by atoms with Gasteiger partial charge in [0.2, 0.25) is 6.04 Å². The van der Waals surface area contributed by atoms with Crippen molar-refractivity contribution in [3.05, 3.63) is 58.1 Å². The van der Waals surface area contributed by atoms with Crippen LogP contribution in [0.1, 0.15) is 11.6 Å². The van der Waals surface area contributed by atoms with Crippen molar-refractivity contribution in [3.63, 3.8) is 0 Å². The number of amides is 1. The molecular weight excluding hydrogens is 372 g/mol. The summed E-state index contributed by atoms with van der Waals surface area (Å²) < 4.78 is 5.15. The summed E-state index contributed by atoms with van der Waals surface area (Å²) in [6.45, 7) is 0. The van der Waals surface area contributed by atoms with Crippen molar-refractivity contribution in [1.82, 2.24) is 0 Å². The summed E-state index contributed by atoms with van der Waals surface area (Å²) in [5.74, 6) is -3.08. The summed E-state index contributed by atoms with van der Waals surface area (Å²) in [5.41, 5.74) is 5.35. The SMILES string of the molecule is NC(C(=O)Oc1ccccc1)c1cc([N+](=O)[O-])cc2c1NC(C(=O)O)C(=O)N2. The van der Waals surface area contributed by atoms with E-state index in [1.165, 1.54) is 12.1 Å². The average Bonchev–Trinajstić information content (AvgIpc) is 2.66. The number of esters is 1. The van der Waals surface area contributed by atoms with Crippen LogP contribution in [-0.2, 0) is 14.4 Å². The van der Waals surface area contributed by atoms with Crippen LogP contribution < -0.4 is 21.1 Å². The van der Waals surface area contributed by atoms with E-state index in [0.717, 1.165) is 12.1 Å². The van der Waals surface area contributed by atoms with Gasteiger partial charge in [0.15, 0.2) is 0 Å². The standard InChI is InChI=1S/C17H14N4O7/c18-12(17(25)28-9-4-2-1-3-5-9)10-6-8(21(26)27)7-11-13(10)20-14(16(23)24)15(22)19-11/h1-7,12,14,20H,18H2,(H,19,22)(H,23,24). The van der Waals surface area contributed by atoms with Gasteiger partial charge in [-0.1, -0.05) is 18.2 Å². The Balaban J connectivity index is 2.01. The van der Waals surface area contributed by atoms with E-state index in [-0.39, 0.29) is 22.7 Å². The highest BCUT2D eigenvalue weighted by molar-refractivity contribution is 6.14. The molecule has 0 fully saturated rings. The molecule has 5 N–H and O–H groups in total. The number of nitro groups is 1. The van der Waals surface area contributed by atoms with Gasteiger partial charge in [0.25, 0.3) is 11.6 Å². The summed E-state index contributed by atoms with van der Waals surface area (Å²) in [4.78, 5) is 46.0. The number of nitrogens with one attached hydrogen (secondary N) is 2. The lowest BCUT2D eigenvalue weighted by molar-refractivity contribution is -0.384. The van der Waals surface area contributed by atoms with Crippen molar-refractivity contribution in [3.8, 4) is 5.75 Å². The molecule has 2 atom stereocenters. The molecule has 2 unspecified atom stereocenters. The highest BCUT2D eigenvalue weighted by Gasteiger charge is 2.36. The Labute approximate surface area is 157 Å². The van der Waals surface area contributed by atoms with Crippen LogP contribution in [0.4, 0.5) is 17.1 Å². The molecule has 2 aromatic carbocycles. The van der Waals surface area contributed by atoms with Crippen LogP contribution in [0, 0.1) is 10.1 Å². The van der Waals surface area contributed by atoms with Crippen LogP contribution in [0.5, 0.6) is 5.75 Å². The maximum absolute atomic E-state index is 12.4. The number of benzene rings is 2. The van der Waals surface area contributed by atoms with E-state index in [9.17, 15) is 24.5 Å². The second-order valence-electron chi connectivity index (χ2n) is 5.83. The van der Waals surface area contributed by atoms with Crippen LogP contribution >= 0.6 is 0 Å². The highest BCUT2D eigenvalue weighted by Crippen LogP contribution is 2.37. The summed E-state index contributed by atoms with van der Waals surface area (Å²) >= 11 is 0. The van der Waals surface area contributed by atoms with Crippen LogP contribution in [0.3, 0.4) is 0 Å². The number of fused-ring (bicyclic) bond motifs is 1. The molecule has 28 heavy (non-hydrogen) atoms. The van der Waals surface area contributed by atoms with Crippen molar-refractivity contribution in [2.24, 2.45) is 5.73 Å². The molecule has 11 heteroatoms. The molecule has 3 rings (SSSR count). The molecule has 2 aromatic rings. The number of carboxylic acids is 1. The van der Waals surface area contributed by atoms with Gasteiger partial charge < -0.3 is 26.2 Å². The number of para-hydroxylation sites is 1. The Morgan fingerprint density at radius 1 is 1.25 bits per heavy atom. The number of hydrogen-bond donors (Lipinski definition) is 4. The first-order valence-electron chi connectivity index (χ1n) is 7.93. The first-order chi connectivity index (χ1) is 13.3. The second-order valence-corrected chi connectivity index (χ2v) is 5.83. The van der Waals surface area contributed by atoms with Gasteiger partial charge in [-0.2, -0.15) is 0 Å². The smallest absolute Gasteiger partial charge is 0.336 e. The minimum absolute atomic E-state index is 0.00453. The number of hydrogen-bond acceptors (Lipinski definition) is 8. The van der Waals surface area contributed by atoms with Crippen LogP contribution in [0.15, 0.2) is 42.5 Å². The molecule has 0 aliphatic carbocycles. The minimum Gasteiger partial charge on any atom is -0.479 e. The Kier molecular flexibility index (Phi) is 4.92. The monoisotopic (exact) mass is 386 g/mol. The van der Waals surface area contributed by atoms with Crippen molar-refractivity contribution in [2.45, 2.75) is 12.1 Å². The predicted molar refractivity (Wildman–Crippen MR) is 95.8 cm³/mol. The number of carbonyl (C=O) groups excluding carboxylic acids is 2. The number of nitro benzene ring substituents is 1. The highest BCUT2D eigenvalue weighted by atomic mass is 16.6. The van der Waals surface area contributed by atoms with Gasteiger partial charge in [-0.25, -0.2) is 9.59 Å². The van der Waals surface area contributed by atoms with E-state index in [1.807, 2.05) is 0 Å². The fraction of sp³-hybridized carbons (Fsp3) is 0.118. The van der Waals surface area contributed by atoms with Crippen molar-refractivity contribution >= 4 is 34.9 Å². The van der Waals surface area contributed by atoms with Gasteiger partial charge in [-0.05, 0) is 12.1 Å². The largest absolute Gasteiger partial charge is 0.479 e. The third-order valence-electron chi connectivity index (χ3n) is 3.97. The zero-order valence-electron chi connectivity index (χ0n) is 14.1. The molecular formula is C17H14N4O7. The fourth-order valence-corrected chi connectivity index (χ4v) is 2.64. The van der Waals surface area contributed by atoms with Crippen molar-refractivity contribution in [1.29, 1.82) is 0 Å². The lowest BCUT2D eigenvalue weighted by atomic mass is 9.99. The maximum atomic E-state index is 12.4. The number of aliphatic carboxylic acids is 1. The first kappa shape index (κ1) is 18.8. The van der Waals surface area contributed by atoms with Gasteiger partial charge in [0.05, 0.1) is 16.3 Å². The van der Waals surface area contributed by atoms with Crippen molar-refractivity contribution < 1.29 is 29.2 Å². The number of non-ortho nitro benzene ring substituents is 1. The van der Waals surface area contributed by atoms with Gasteiger partial charge >= 0.3 is 11.9 Å². The normalized spacial score (nSPS) is 16.2. The third kappa shape index (κ3) is 3.59. The van der Waals surface area contributed by atoms with Crippen LogP contribution in [-0.4, -0.2) is 33.9 Å². The Morgan fingerprint density at radius 2 is 1.93 bits per heavy atom. The van der Waals surface area contributed by atoms with E-state index < -0.39 is 40.5 Å². The van der Waals surface area contributed by atoms with E-state index in [0.29, 0.717) is 0 Å². The summed E-state index contributed by atoms with van der Waals surface area (Å²) in [5, 5.41) is 25.1. The number of anilines is 2. The summed E-state index contributed by atoms with van der Waals surface area (Å²) in [6, 6.07) is 6.97. The molecule has 0 saturated heterocycles. The maximum Gasteiger partial charge on any atom is 0.336 e. The third-order valence-corrected chi connectivity index (χ3v) is 3.97. The number of nitrogens with two attached hydrogens (primary N) is 1. The molecule has 0 bridgehead atoms. The van der Waals surface area contributed by atoms with Gasteiger partial charge in [0.1, 0.15) is 11.8 Å². The molecule has 0 aromatic heterocycles. The van der Waals surface area contributed by atoms with Gasteiger partial charge in [0, 0.05) is 17.7 Å². The molecule has 0 radical (unpaired) electrons.